The minimum atomic E-state index is 0.832. The van der Waals surface area contributed by atoms with Crippen molar-refractivity contribution in [1.29, 1.82) is 0 Å². The topological polar surface area (TPSA) is 28.9 Å². The Hall–Kier alpha value is -1.76. The van der Waals surface area contributed by atoms with E-state index in [2.05, 4.69) is 58.7 Å². The van der Waals surface area contributed by atoms with Gasteiger partial charge in [0.25, 0.3) is 0 Å². The molecule has 6 heteroatoms. The molecule has 0 aromatic heterocycles. The number of nitrogens with one attached hydrogen (secondary N) is 2. The molecule has 2 aliphatic rings. The predicted octanol–water partition coefficient (Wildman–Crippen LogP) is 1.99. The van der Waals surface area contributed by atoms with E-state index in [1.807, 2.05) is 11.8 Å². The van der Waals surface area contributed by atoms with Gasteiger partial charge in [0.2, 0.25) is 0 Å². The molecular formula is C22H28N3OS2+. The van der Waals surface area contributed by atoms with Crippen LogP contribution >= 0.6 is 24.0 Å². The fraction of sp³-hybridized carbons (Fsp3) is 0.409. The van der Waals surface area contributed by atoms with Crippen molar-refractivity contribution in [1.82, 2.24) is 10.2 Å². The minimum Gasteiger partial charge on any atom is -0.493 e. The van der Waals surface area contributed by atoms with Gasteiger partial charge in [0.15, 0.2) is 5.11 Å². The predicted molar refractivity (Wildman–Crippen MR) is 119 cm³/mol. The fourth-order valence-corrected chi connectivity index (χ4v) is 4.87. The molecule has 2 aliphatic heterocycles. The van der Waals surface area contributed by atoms with Gasteiger partial charge in [0, 0.05) is 29.2 Å². The minimum absolute atomic E-state index is 0.832. The average molecular weight is 415 g/mol. The van der Waals surface area contributed by atoms with Crippen LogP contribution in [0.15, 0.2) is 53.4 Å². The molecule has 0 bridgehead atoms. The highest BCUT2D eigenvalue weighted by Crippen LogP contribution is 2.25. The summed E-state index contributed by atoms with van der Waals surface area (Å²) in [7, 11) is 0. The molecule has 1 fully saturated rings. The van der Waals surface area contributed by atoms with E-state index in [0.717, 1.165) is 68.9 Å². The van der Waals surface area contributed by atoms with Crippen molar-refractivity contribution >= 4 is 29.1 Å². The number of hydrogen-bond donors (Lipinski definition) is 2. The van der Waals surface area contributed by atoms with Crippen molar-refractivity contribution in [3.8, 4) is 5.75 Å². The largest absolute Gasteiger partial charge is 0.493 e. The Morgan fingerprint density at radius 1 is 1.14 bits per heavy atom. The van der Waals surface area contributed by atoms with E-state index < -0.39 is 0 Å². The van der Waals surface area contributed by atoms with Crippen molar-refractivity contribution in [3.63, 3.8) is 0 Å². The Morgan fingerprint density at radius 2 is 1.96 bits per heavy atom. The Balaban J connectivity index is 1.16. The second-order valence-electron chi connectivity index (χ2n) is 7.35. The summed E-state index contributed by atoms with van der Waals surface area (Å²) < 4.78 is 5.61. The summed E-state index contributed by atoms with van der Waals surface area (Å²) in [6.07, 6.45) is 1.05. The molecule has 2 heterocycles. The quantitative estimate of drug-likeness (QED) is 0.429. The third-order valence-corrected chi connectivity index (χ3v) is 6.77. The Morgan fingerprint density at radius 3 is 2.79 bits per heavy atom. The third-order valence-electron chi connectivity index (χ3n) is 5.36. The summed E-state index contributed by atoms with van der Waals surface area (Å²) >= 11 is 7.47. The molecule has 0 atom stereocenters. The van der Waals surface area contributed by atoms with Crippen molar-refractivity contribution in [2.45, 2.75) is 17.9 Å². The van der Waals surface area contributed by atoms with Crippen LogP contribution in [0.3, 0.4) is 0 Å². The van der Waals surface area contributed by atoms with Crippen LogP contribution in [0.5, 0.6) is 5.75 Å². The van der Waals surface area contributed by atoms with Gasteiger partial charge in [0.1, 0.15) is 12.3 Å². The molecule has 2 N–H and O–H groups in total. The molecular weight excluding hydrogens is 386 g/mol. The lowest BCUT2D eigenvalue weighted by atomic mass is 10.1. The summed E-state index contributed by atoms with van der Waals surface area (Å²) in [6.45, 7) is 7.15. The lowest BCUT2D eigenvalue weighted by Gasteiger charge is -2.34. The lowest BCUT2D eigenvalue weighted by molar-refractivity contribution is -0.917. The molecule has 2 aromatic carbocycles. The summed E-state index contributed by atoms with van der Waals surface area (Å²) in [5, 5.41) is 4.33. The first-order chi connectivity index (χ1) is 13.8. The molecule has 2 aromatic rings. The van der Waals surface area contributed by atoms with Crippen molar-refractivity contribution in [2.24, 2.45) is 0 Å². The molecule has 0 radical (unpaired) electrons. The first kappa shape index (κ1) is 19.6. The zero-order chi connectivity index (χ0) is 19.2. The van der Waals surface area contributed by atoms with E-state index >= 15 is 0 Å². The molecule has 0 amide bonds. The van der Waals surface area contributed by atoms with Crippen LogP contribution in [0.1, 0.15) is 11.1 Å². The van der Waals surface area contributed by atoms with Gasteiger partial charge < -0.3 is 19.9 Å². The van der Waals surface area contributed by atoms with E-state index in [1.165, 1.54) is 16.0 Å². The zero-order valence-corrected chi connectivity index (χ0v) is 17.8. The maximum Gasteiger partial charge on any atom is 0.169 e. The molecule has 4 nitrogen and oxygen atoms in total. The lowest BCUT2D eigenvalue weighted by Crippen LogP contribution is -3.13. The smallest absolute Gasteiger partial charge is 0.169 e. The fourth-order valence-electron chi connectivity index (χ4n) is 3.80. The summed E-state index contributed by atoms with van der Waals surface area (Å²) in [5.74, 6) is 2.10. The summed E-state index contributed by atoms with van der Waals surface area (Å²) in [6, 6.07) is 17.2. The van der Waals surface area contributed by atoms with E-state index in [0.29, 0.717) is 0 Å². The standard InChI is InChI=1S/C22H27N3OS2/c27-22(23-9-15-28-20-4-2-1-3-5-20)25-12-10-24(11-13-25)17-18-6-7-21-19(16-18)8-14-26-21/h1-7,16H,8-15,17H2,(H,23,27)/p+1. The molecule has 4 rings (SSSR count). The number of piperazine rings is 1. The Kier molecular flexibility index (Phi) is 6.73. The first-order valence-electron chi connectivity index (χ1n) is 10.1. The number of ether oxygens (including phenoxy) is 1. The SMILES string of the molecule is S=C(NCCSc1ccccc1)N1CC[NH+](Cc2ccc3c(c2)CCO3)CC1. The number of fused-ring (bicyclic) bond motifs is 1. The van der Waals surface area contributed by atoms with E-state index in [4.69, 9.17) is 17.0 Å². The van der Waals surface area contributed by atoms with Crippen molar-refractivity contribution in [2.75, 3.05) is 45.1 Å². The number of thioether (sulfide) groups is 1. The molecule has 0 spiro atoms. The highest BCUT2D eigenvalue weighted by molar-refractivity contribution is 7.99. The van der Waals surface area contributed by atoms with Crippen LogP contribution in [-0.2, 0) is 13.0 Å². The van der Waals surface area contributed by atoms with Gasteiger partial charge in [-0.1, -0.05) is 18.2 Å². The van der Waals surface area contributed by atoms with Gasteiger partial charge >= 0.3 is 0 Å². The van der Waals surface area contributed by atoms with Gasteiger partial charge in [-0.05, 0) is 48.1 Å². The summed E-state index contributed by atoms with van der Waals surface area (Å²) in [5.41, 5.74) is 2.79. The molecule has 0 saturated carbocycles. The van der Waals surface area contributed by atoms with E-state index in [9.17, 15) is 0 Å². The number of benzene rings is 2. The van der Waals surface area contributed by atoms with Crippen molar-refractivity contribution < 1.29 is 9.64 Å². The molecule has 28 heavy (non-hydrogen) atoms. The van der Waals surface area contributed by atoms with Crippen LogP contribution in [0.25, 0.3) is 0 Å². The van der Waals surface area contributed by atoms with Gasteiger partial charge in [0.05, 0.1) is 32.8 Å². The van der Waals surface area contributed by atoms with Gasteiger partial charge in [-0.25, -0.2) is 0 Å². The van der Waals surface area contributed by atoms with E-state index in [-0.39, 0.29) is 0 Å². The maximum absolute atomic E-state index is 5.61. The monoisotopic (exact) mass is 414 g/mol. The van der Waals surface area contributed by atoms with Crippen LogP contribution in [0, 0.1) is 0 Å². The van der Waals surface area contributed by atoms with Gasteiger partial charge in [-0.2, -0.15) is 0 Å². The average Bonchev–Trinajstić information content (AvgIpc) is 3.20. The highest BCUT2D eigenvalue weighted by atomic mass is 32.2. The van der Waals surface area contributed by atoms with Crippen LogP contribution < -0.4 is 15.0 Å². The van der Waals surface area contributed by atoms with Crippen LogP contribution in [-0.4, -0.2) is 55.1 Å². The second-order valence-corrected chi connectivity index (χ2v) is 8.90. The molecule has 0 aliphatic carbocycles. The van der Waals surface area contributed by atoms with Crippen molar-refractivity contribution in [3.05, 3.63) is 59.7 Å². The molecule has 148 valence electrons. The third kappa shape index (κ3) is 5.19. The number of rotatable bonds is 6. The summed E-state index contributed by atoms with van der Waals surface area (Å²) in [4.78, 5) is 5.27. The normalized spacial score (nSPS) is 16.5. The molecule has 0 unspecified atom stereocenters. The van der Waals surface area contributed by atoms with Gasteiger partial charge in [-0.15, -0.1) is 11.8 Å². The van der Waals surface area contributed by atoms with Crippen LogP contribution in [0.2, 0.25) is 0 Å². The molecule has 1 saturated heterocycles. The number of quaternary nitrogens is 1. The number of nitrogens with zero attached hydrogens (tertiary/aromatic N) is 1. The Bertz CT molecular complexity index is 792. The first-order valence-corrected chi connectivity index (χ1v) is 11.5. The maximum atomic E-state index is 5.61. The van der Waals surface area contributed by atoms with Gasteiger partial charge in [-0.3, -0.25) is 0 Å². The van der Waals surface area contributed by atoms with Crippen LogP contribution in [0.4, 0.5) is 0 Å². The number of hydrogen-bond acceptors (Lipinski definition) is 3. The zero-order valence-electron chi connectivity index (χ0n) is 16.2. The van der Waals surface area contributed by atoms with E-state index in [1.54, 1.807) is 4.90 Å². The second kappa shape index (κ2) is 9.63. The Labute approximate surface area is 177 Å². The highest BCUT2D eigenvalue weighted by Gasteiger charge is 2.22. The number of thiocarbonyl (C=S) groups is 1.